The van der Waals surface area contributed by atoms with E-state index in [0.29, 0.717) is 12.8 Å². The van der Waals surface area contributed by atoms with E-state index in [9.17, 15) is 4.79 Å². The highest BCUT2D eigenvalue weighted by atomic mass is 35.5. The van der Waals surface area contributed by atoms with Crippen LogP contribution in [0, 0.1) is 0 Å². The molecule has 2 N–H and O–H groups in total. The molecule has 20 heavy (non-hydrogen) atoms. The number of hydrogen-bond donors (Lipinski definition) is 1. The van der Waals surface area contributed by atoms with E-state index in [2.05, 4.69) is 17.0 Å². The molecule has 0 amide bonds. The van der Waals surface area contributed by atoms with Crippen LogP contribution >= 0.6 is 36.4 Å². The molecule has 1 aliphatic heterocycles. The van der Waals surface area contributed by atoms with Gasteiger partial charge in [0.25, 0.3) is 0 Å². The number of nitrogens with two attached hydrogens (primary N) is 1. The molecular weight excluding hydrogens is 323 g/mol. The summed E-state index contributed by atoms with van der Waals surface area (Å²) in [7, 11) is 0. The number of rotatable bonds is 3. The SMILES string of the molecule is Cl.Cl.NC1(OC(=O)Cl)CCN(Cc2ccccc2)CC1. The Kier molecular flexibility index (Phi) is 8.47. The Balaban J connectivity index is 0.00000180. The smallest absolute Gasteiger partial charge is 0.405 e. The molecule has 114 valence electrons. The van der Waals surface area contributed by atoms with Crippen molar-refractivity contribution in [1.29, 1.82) is 0 Å². The van der Waals surface area contributed by atoms with E-state index in [1.807, 2.05) is 18.2 Å². The summed E-state index contributed by atoms with van der Waals surface area (Å²) in [5, 5.41) is 0. The van der Waals surface area contributed by atoms with Gasteiger partial charge in [-0.15, -0.1) is 24.8 Å². The second-order valence-corrected chi connectivity index (χ2v) is 4.97. The Hall–Kier alpha value is -0.520. The first kappa shape index (κ1) is 19.5. The minimum Gasteiger partial charge on any atom is -0.432 e. The Morgan fingerprint density at radius 1 is 1.25 bits per heavy atom. The van der Waals surface area contributed by atoms with Crippen molar-refractivity contribution < 1.29 is 9.53 Å². The Morgan fingerprint density at radius 2 is 1.80 bits per heavy atom. The van der Waals surface area contributed by atoms with Crippen molar-refractivity contribution in [2.24, 2.45) is 5.73 Å². The van der Waals surface area contributed by atoms with Crippen LogP contribution in [0.3, 0.4) is 0 Å². The standard InChI is InChI=1S/C13H17ClN2O2.2ClH/c14-12(17)18-13(15)6-8-16(9-7-13)10-11-4-2-1-3-5-11;;/h1-5H,6-10,15H2;2*1H. The first-order valence-corrected chi connectivity index (χ1v) is 6.39. The van der Waals surface area contributed by atoms with Gasteiger partial charge in [0.1, 0.15) is 0 Å². The highest BCUT2D eigenvalue weighted by molar-refractivity contribution is 6.61. The molecule has 2 rings (SSSR count). The summed E-state index contributed by atoms with van der Waals surface area (Å²) in [5.41, 5.74) is 5.51. The van der Waals surface area contributed by atoms with Gasteiger partial charge in [0.2, 0.25) is 0 Å². The fourth-order valence-corrected chi connectivity index (χ4v) is 2.35. The zero-order chi connectivity index (χ0) is 13.0. The number of likely N-dealkylation sites (tertiary alicyclic amines) is 1. The van der Waals surface area contributed by atoms with Gasteiger partial charge in [0.15, 0.2) is 5.72 Å². The van der Waals surface area contributed by atoms with E-state index < -0.39 is 11.2 Å². The molecule has 0 radical (unpaired) electrons. The molecule has 1 saturated heterocycles. The molecule has 0 atom stereocenters. The largest absolute Gasteiger partial charge is 0.432 e. The van der Waals surface area contributed by atoms with E-state index in [1.54, 1.807) is 0 Å². The van der Waals surface area contributed by atoms with Crippen molar-refractivity contribution in [2.75, 3.05) is 13.1 Å². The highest BCUT2D eigenvalue weighted by Gasteiger charge is 2.33. The van der Waals surface area contributed by atoms with Gasteiger partial charge in [0, 0.05) is 44.1 Å². The molecule has 0 aliphatic carbocycles. The predicted molar refractivity (Wildman–Crippen MR) is 84.7 cm³/mol. The van der Waals surface area contributed by atoms with Crippen molar-refractivity contribution in [3.63, 3.8) is 0 Å². The minimum atomic E-state index is -0.897. The van der Waals surface area contributed by atoms with Gasteiger partial charge in [-0.1, -0.05) is 30.3 Å². The molecule has 1 aromatic carbocycles. The first-order valence-electron chi connectivity index (χ1n) is 6.01. The molecule has 1 aromatic rings. The van der Waals surface area contributed by atoms with Gasteiger partial charge in [-0.3, -0.25) is 10.6 Å². The second kappa shape index (κ2) is 8.70. The van der Waals surface area contributed by atoms with Gasteiger partial charge in [0.05, 0.1) is 0 Å². The summed E-state index contributed by atoms with van der Waals surface area (Å²) in [4.78, 5) is 13.0. The molecule has 0 spiro atoms. The predicted octanol–water partition coefficient (Wildman–Crippen LogP) is 3.16. The molecule has 1 heterocycles. The van der Waals surface area contributed by atoms with Gasteiger partial charge >= 0.3 is 5.43 Å². The number of piperidine rings is 1. The molecule has 0 saturated carbocycles. The Morgan fingerprint density at radius 3 is 2.30 bits per heavy atom. The van der Waals surface area contributed by atoms with Crippen LogP contribution in [0.5, 0.6) is 0 Å². The molecule has 1 fully saturated rings. The number of carbonyl (C=O) groups is 1. The molecule has 1 aliphatic rings. The third-order valence-electron chi connectivity index (χ3n) is 3.23. The number of nitrogens with zero attached hydrogens (tertiary/aromatic N) is 1. The fraction of sp³-hybridized carbons (Fsp3) is 0.462. The van der Waals surface area contributed by atoms with Gasteiger partial charge in [-0.05, 0) is 5.56 Å². The normalized spacial score (nSPS) is 17.5. The maximum atomic E-state index is 10.7. The van der Waals surface area contributed by atoms with Crippen LogP contribution in [0.15, 0.2) is 30.3 Å². The third kappa shape index (κ3) is 5.85. The van der Waals surface area contributed by atoms with Crippen molar-refractivity contribution in [3.8, 4) is 0 Å². The van der Waals surface area contributed by atoms with E-state index in [0.717, 1.165) is 19.6 Å². The fourth-order valence-electron chi connectivity index (χ4n) is 2.19. The van der Waals surface area contributed by atoms with Crippen molar-refractivity contribution in [3.05, 3.63) is 35.9 Å². The average Bonchev–Trinajstić information content (AvgIpc) is 2.33. The molecule has 7 heteroatoms. The van der Waals surface area contributed by atoms with Crippen LogP contribution in [0.1, 0.15) is 18.4 Å². The molecule has 0 unspecified atom stereocenters. The topological polar surface area (TPSA) is 55.6 Å². The summed E-state index contributed by atoms with van der Waals surface area (Å²) in [5.74, 6) is 0. The lowest BCUT2D eigenvalue weighted by molar-refractivity contribution is -0.0220. The van der Waals surface area contributed by atoms with Crippen LogP contribution < -0.4 is 5.73 Å². The van der Waals surface area contributed by atoms with Gasteiger partial charge in [-0.2, -0.15) is 0 Å². The van der Waals surface area contributed by atoms with Gasteiger partial charge < -0.3 is 4.74 Å². The maximum Gasteiger partial charge on any atom is 0.405 e. The lowest BCUT2D eigenvalue weighted by Gasteiger charge is -2.37. The lowest BCUT2D eigenvalue weighted by Crippen LogP contribution is -2.52. The zero-order valence-corrected chi connectivity index (χ0v) is 13.3. The van der Waals surface area contributed by atoms with E-state index in [1.165, 1.54) is 5.56 Å². The minimum absolute atomic E-state index is 0. The maximum absolute atomic E-state index is 10.7. The van der Waals surface area contributed by atoms with Crippen molar-refractivity contribution in [2.45, 2.75) is 25.1 Å². The Bertz CT molecular complexity index is 409. The average molecular weight is 342 g/mol. The summed E-state index contributed by atoms with van der Waals surface area (Å²) >= 11 is 5.21. The third-order valence-corrected chi connectivity index (χ3v) is 3.31. The van der Waals surface area contributed by atoms with Crippen LogP contribution in [0.4, 0.5) is 4.79 Å². The lowest BCUT2D eigenvalue weighted by atomic mass is 10.0. The second-order valence-electron chi connectivity index (χ2n) is 4.67. The Labute approximate surface area is 136 Å². The summed E-state index contributed by atoms with van der Waals surface area (Å²) in [6, 6.07) is 10.3. The van der Waals surface area contributed by atoms with Gasteiger partial charge in [-0.25, -0.2) is 4.79 Å². The van der Waals surface area contributed by atoms with Crippen LogP contribution in [-0.2, 0) is 11.3 Å². The quantitative estimate of drug-likeness (QED) is 0.678. The van der Waals surface area contributed by atoms with Crippen molar-refractivity contribution in [1.82, 2.24) is 4.90 Å². The number of carbonyl (C=O) groups excluding carboxylic acids is 1. The van der Waals surface area contributed by atoms with Crippen LogP contribution in [0.25, 0.3) is 0 Å². The molecule has 0 bridgehead atoms. The van der Waals surface area contributed by atoms with E-state index in [4.69, 9.17) is 22.1 Å². The number of ether oxygens (including phenoxy) is 1. The first-order chi connectivity index (χ1) is 8.57. The van der Waals surface area contributed by atoms with Crippen LogP contribution in [0.2, 0.25) is 0 Å². The zero-order valence-electron chi connectivity index (χ0n) is 11.0. The molecule has 4 nitrogen and oxygen atoms in total. The molecule has 0 aromatic heterocycles. The highest BCUT2D eigenvalue weighted by Crippen LogP contribution is 2.23. The number of halogens is 3. The summed E-state index contributed by atoms with van der Waals surface area (Å²) in [6.07, 6.45) is 1.22. The van der Waals surface area contributed by atoms with E-state index in [-0.39, 0.29) is 24.8 Å². The van der Waals surface area contributed by atoms with Crippen LogP contribution in [-0.4, -0.2) is 29.1 Å². The molecular formula is C13H19Cl3N2O2. The summed E-state index contributed by atoms with van der Waals surface area (Å²) < 4.78 is 4.95. The summed E-state index contributed by atoms with van der Waals surface area (Å²) in [6.45, 7) is 2.50. The number of benzene rings is 1. The van der Waals surface area contributed by atoms with Crippen molar-refractivity contribution >= 4 is 41.8 Å². The number of hydrogen-bond acceptors (Lipinski definition) is 4. The monoisotopic (exact) mass is 340 g/mol. The van der Waals surface area contributed by atoms with E-state index >= 15 is 0 Å².